The van der Waals surface area contributed by atoms with Crippen molar-refractivity contribution >= 4 is 0 Å². The van der Waals surface area contributed by atoms with Gasteiger partial charge in [0, 0.05) is 11.6 Å². The molecule has 0 aromatic heterocycles. The quantitative estimate of drug-likeness (QED) is 0.790. The second kappa shape index (κ2) is 7.91. The molecule has 6 heteroatoms. The minimum absolute atomic E-state index is 0.142. The molecule has 1 rings (SSSR count). The van der Waals surface area contributed by atoms with Crippen molar-refractivity contribution < 1.29 is 23.0 Å². The van der Waals surface area contributed by atoms with Crippen molar-refractivity contribution in [2.45, 2.75) is 12.5 Å². The summed E-state index contributed by atoms with van der Waals surface area (Å²) in [6, 6.07) is 5.13. The maximum atomic E-state index is 12.0. The highest BCUT2D eigenvalue weighted by atomic mass is 19.3. The van der Waals surface area contributed by atoms with E-state index < -0.39 is 13.0 Å². The Morgan fingerprint density at radius 2 is 1.89 bits per heavy atom. The molecule has 19 heavy (non-hydrogen) atoms. The summed E-state index contributed by atoms with van der Waals surface area (Å²) in [7, 11) is 4.85. The lowest BCUT2D eigenvalue weighted by Crippen LogP contribution is -2.23. The Labute approximate surface area is 111 Å². The molecular formula is C13H19F2NO3. The molecule has 1 aromatic carbocycles. The van der Waals surface area contributed by atoms with E-state index in [1.165, 1.54) is 0 Å². The Morgan fingerprint density at radius 1 is 1.16 bits per heavy atom. The van der Waals surface area contributed by atoms with E-state index in [0.717, 1.165) is 5.56 Å². The van der Waals surface area contributed by atoms with Crippen molar-refractivity contribution in [3.8, 4) is 11.5 Å². The molecule has 0 aliphatic carbocycles. The van der Waals surface area contributed by atoms with Crippen molar-refractivity contribution in [2.75, 3.05) is 34.5 Å². The number of likely N-dealkylation sites (N-methyl/N-ethyl adjacent to an activating group) is 1. The number of nitrogens with one attached hydrogen (secondary N) is 1. The molecule has 0 spiro atoms. The Morgan fingerprint density at radius 3 is 2.42 bits per heavy atom. The third-order valence-corrected chi connectivity index (χ3v) is 2.69. The molecule has 0 amide bonds. The Hall–Kier alpha value is -1.40. The standard InChI is InChI=1S/C13H19F2NO3/c1-16-11(7-19-8-13(14)15)10-5-4-9(17-2)6-12(10)18-3/h4-6,11,13,16H,7-8H2,1-3H3. The van der Waals surface area contributed by atoms with E-state index in [4.69, 9.17) is 14.2 Å². The van der Waals surface area contributed by atoms with E-state index >= 15 is 0 Å². The molecule has 0 fully saturated rings. The van der Waals surface area contributed by atoms with Crippen LogP contribution in [0.2, 0.25) is 0 Å². The zero-order chi connectivity index (χ0) is 14.3. The molecule has 1 atom stereocenters. The van der Waals surface area contributed by atoms with E-state index in [2.05, 4.69) is 5.32 Å². The van der Waals surface area contributed by atoms with Crippen molar-refractivity contribution in [3.05, 3.63) is 23.8 Å². The topological polar surface area (TPSA) is 39.7 Å². The smallest absolute Gasteiger partial charge is 0.261 e. The second-order valence-corrected chi connectivity index (χ2v) is 3.88. The third kappa shape index (κ3) is 4.65. The molecule has 1 unspecified atom stereocenters. The lowest BCUT2D eigenvalue weighted by atomic mass is 10.1. The molecule has 4 nitrogen and oxygen atoms in total. The molecular weight excluding hydrogens is 256 g/mol. The fourth-order valence-corrected chi connectivity index (χ4v) is 1.71. The number of hydrogen-bond acceptors (Lipinski definition) is 4. The lowest BCUT2D eigenvalue weighted by molar-refractivity contribution is 0.00967. The Kier molecular flexibility index (Phi) is 6.52. The monoisotopic (exact) mass is 275 g/mol. The van der Waals surface area contributed by atoms with Gasteiger partial charge in [-0.25, -0.2) is 8.78 Å². The van der Waals surface area contributed by atoms with Gasteiger partial charge in [-0.15, -0.1) is 0 Å². The van der Waals surface area contributed by atoms with Gasteiger partial charge in [-0.3, -0.25) is 0 Å². The van der Waals surface area contributed by atoms with Crippen LogP contribution < -0.4 is 14.8 Å². The van der Waals surface area contributed by atoms with Gasteiger partial charge in [0.2, 0.25) is 0 Å². The SMILES string of the molecule is CNC(COCC(F)F)c1ccc(OC)cc1OC. The minimum atomic E-state index is -2.46. The van der Waals surface area contributed by atoms with E-state index in [0.29, 0.717) is 11.5 Å². The van der Waals surface area contributed by atoms with Gasteiger partial charge in [-0.2, -0.15) is 0 Å². The van der Waals surface area contributed by atoms with Gasteiger partial charge in [0.05, 0.1) is 26.9 Å². The molecule has 108 valence electrons. The van der Waals surface area contributed by atoms with Crippen LogP contribution >= 0.6 is 0 Å². The van der Waals surface area contributed by atoms with Crippen LogP contribution in [0.4, 0.5) is 8.78 Å². The number of ether oxygens (including phenoxy) is 3. The van der Waals surface area contributed by atoms with Crippen LogP contribution in [0, 0.1) is 0 Å². The predicted octanol–water partition coefficient (Wildman–Crippen LogP) is 2.25. The van der Waals surface area contributed by atoms with Crippen molar-refractivity contribution in [3.63, 3.8) is 0 Å². The first kappa shape index (κ1) is 15.7. The van der Waals surface area contributed by atoms with Gasteiger partial charge in [-0.1, -0.05) is 0 Å². The summed E-state index contributed by atoms with van der Waals surface area (Å²) in [5.74, 6) is 1.29. The summed E-state index contributed by atoms with van der Waals surface area (Å²) in [6.45, 7) is -0.430. The molecule has 1 aromatic rings. The Bertz CT molecular complexity index is 388. The summed E-state index contributed by atoms with van der Waals surface area (Å²) < 4.78 is 39.4. The molecule has 0 radical (unpaired) electrons. The summed E-state index contributed by atoms with van der Waals surface area (Å²) in [5, 5.41) is 3.01. The molecule has 0 saturated heterocycles. The summed E-state index contributed by atoms with van der Waals surface area (Å²) in [5.41, 5.74) is 0.833. The zero-order valence-corrected chi connectivity index (χ0v) is 11.3. The van der Waals surface area contributed by atoms with E-state index in [1.54, 1.807) is 33.4 Å². The molecule has 0 bridgehead atoms. The molecule has 0 saturated carbocycles. The lowest BCUT2D eigenvalue weighted by Gasteiger charge is -2.20. The highest BCUT2D eigenvalue weighted by molar-refractivity contribution is 5.42. The fraction of sp³-hybridized carbons (Fsp3) is 0.538. The molecule has 0 heterocycles. The Balaban J connectivity index is 2.79. The number of alkyl halides is 2. The van der Waals surface area contributed by atoms with Crippen LogP contribution in [0.15, 0.2) is 18.2 Å². The van der Waals surface area contributed by atoms with Gasteiger partial charge >= 0.3 is 0 Å². The minimum Gasteiger partial charge on any atom is -0.497 e. The number of benzene rings is 1. The van der Waals surface area contributed by atoms with Crippen LogP contribution in [-0.2, 0) is 4.74 Å². The highest BCUT2D eigenvalue weighted by Crippen LogP contribution is 2.29. The van der Waals surface area contributed by atoms with Gasteiger partial charge in [0.15, 0.2) is 0 Å². The highest BCUT2D eigenvalue weighted by Gasteiger charge is 2.16. The maximum absolute atomic E-state index is 12.0. The van der Waals surface area contributed by atoms with E-state index in [-0.39, 0.29) is 12.6 Å². The van der Waals surface area contributed by atoms with E-state index in [1.807, 2.05) is 6.07 Å². The van der Waals surface area contributed by atoms with E-state index in [9.17, 15) is 8.78 Å². The van der Waals surface area contributed by atoms with Crippen LogP contribution in [-0.4, -0.2) is 40.9 Å². The largest absolute Gasteiger partial charge is 0.497 e. The number of methoxy groups -OCH3 is 2. The predicted molar refractivity (Wildman–Crippen MR) is 68.2 cm³/mol. The zero-order valence-electron chi connectivity index (χ0n) is 11.3. The van der Waals surface area contributed by atoms with Crippen LogP contribution in [0.5, 0.6) is 11.5 Å². The van der Waals surface area contributed by atoms with Crippen molar-refractivity contribution in [1.82, 2.24) is 5.32 Å². The van der Waals surface area contributed by atoms with Crippen LogP contribution in [0.25, 0.3) is 0 Å². The van der Waals surface area contributed by atoms with Crippen LogP contribution in [0.3, 0.4) is 0 Å². The van der Waals surface area contributed by atoms with Gasteiger partial charge in [-0.05, 0) is 19.2 Å². The average molecular weight is 275 g/mol. The van der Waals surface area contributed by atoms with Crippen molar-refractivity contribution in [1.29, 1.82) is 0 Å². The maximum Gasteiger partial charge on any atom is 0.261 e. The van der Waals surface area contributed by atoms with Gasteiger partial charge < -0.3 is 19.5 Å². The summed E-state index contributed by atoms with van der Waals surface area (Å²) in [4.78, 5) is 0. The fourth-order valence-electron chi connectivity index (χ4n) is 1.71. The van der Waals surface area contributed by atoms with Crippen molar-refractivity contribution in [2.24, 2.45) is 0 Å². The third-order valence-electron chi connectivity index (χ3n) is 2.69. The van der Waals surface area contributed by atoms with Crippen LogP contribution in [0.1, 0.15) is 11.6 Å². The number of hydrogen-bond donors (Lipinski definition) is 1. The molecule has 0 aliphatic heterocycles. The summed E-state index contributed by atoms with van der Waals surface area (Å²) in [6.07, 6.45) is -2.46. The molecule has 1 N–H and O–H groups in total. The number of halogens is 2. The number of rotatable bonds is 8. The summed E-state index contributed by atoms with van der Waals surface area (Å²) >= 11 is 0. The average Bonchev–Trinajstić information content (AvgIpc) is 2.42. The molecule has 0 aliphatic rings. The first-order valence-corrected chi connectivity index (χ1v) is 5.87. The normalized spacial score (nSPS) is 12.5. The first-order valence-electron chi connectivity index (χ1n) is 5.87. The van der Waals surface area contributed by atoms with Gasteiger partial charge in [0.1, 0.15) is 18.1 Å². The van der Waals surface area contributed by atoms with Gasteiger partial charge in [0.25, 0.3) is 6.43 Å². The second-order valence-electron chi connectivity index (χ2n) is 3.88. The first-order chi connectivity index (χ1) is 9.12.